The molecule has 2 N–H and O–H groups in total. The van der Waals surface area contributed by atoms with Crippen molar-refractivity contribution in [2.75, 3.05) is 17.2 Å². The van der Waals surface area contributed by atoms with Crippen molar-refractivity contribution in [3.05, 3.63) is 52.3 Å². The molecule has 0 aliphatic rings. The van der Waals surface area contributed by atoms with E-state index in [0.717, 1.165) is 0 Å². The second-order valence-corrected chi connectivity index (χ2v) is 4.06. The van der Waals surface area contributed by atoms with Gasteiger partial charge in [0.1, 0.15) is 17.5 Å². The third kappa shape index (κ3) is 2.66. The fourth-order valence-corrected chi connectivity index (χ4v) is 1.89. The number of benzene rings is 1. The Kier molecular flexibility index (Phi) is 3.79. The van der Waals surface area contributed by atoms with E-state index in [1.54, 1.807) is 25.1 Å². The number of anilines is 3. The molecule has 1 heterocycles. The topological polar surface area (TPSA) is 85.3 Å². The summed E-state index contributed by atoms with van der Waals surface area (Å²) in [7, 11) is 0. The number of hydrogen-bond donors (Lipinski definition) is 1. The molecule has 0 aliphatic heterocycles. The molecule has 0 radical (unpaired) electrons. The number of nitro groups is 1. The van der Waals surface area contributed by atoms with E-state index in [9.17, 15) is 14.5 Å². The van der Waals surface area contributed by atoms with Gasteiger partial charge in [0.25, 0.3) is 5.69 Å². The first-order valence-corrected chi connectivity index (χ1v) is 5.97. The molecule has 1 aromatic carbocycles. The van der Waals surface area contributed by atoms with Gasteiger partial charge < -0.3 is 10.6 Å². The summed E-state index contributed by atoms with van der Waals surface area (Å²) in [5.74, 6) is -0.172. The van der Waals surface area contributed by atoms with Crippen molar-refractivity contribution in [1.29, 1.82) is 0 Å². The fraction of sp³-hybridized carbons (Fsp3) is 0.154. The van der Waals surface area contributed by atoms with Crippen molar-refractivity contribution >= 4 is 23.0 Å². The molecule has 0 saturated heterocycles. The van der Waals surface area contributed by atoms with E-state index in [1.807, 2.05) is 0 Å². The maximum Gasteiger partial charge on any atom is 0.276 e. The number of halogens is 1. The molecular weight excluding hydrogens is 263 g/mol. The Morgan fingerprint density at radius 2 is 2.10 bits per heavy atom. The monoisotopic (exact) mass is 276 g/mol. The minimum absolute atomic E-state index is 0.0176. The molecule has 0 fully saturated rings. The van der Waals surface area contributed by atoms with Gasteiger partial charge in [-0.15, -0.1) is 0 Å². The molecule has 2 aromatic rings. The van der Waals surface area contributed by atoms with Gasteiger partial charge in [0.15, 0.2) is 0 Å². The van der Waals surface area contributed by atoms with Crippen molar-refractivity contribution in [1.82, 2.24) is 4.98 Å². The van der Waals surface area contributed by atoms with Crippen LogP contribution in [0.2, 0.25) is 0 Å². The van der Waals surface area contributed by atoms with E-state index in [0.29, 0.717) is 12.2 Å². The van der Waals surface area contributed by atoms with Crippen LogP contribution >= 0.6 is 0 Å². The summed E-state index contributed by atoms with van der Waals surface area (Å²) in [4.78, 5) is 15.9. The molecule has 0 spiro atoms. The highest BCUT2D eigenvalue weighted by Crippen LogP contribution is 2.29. The summed E-state index contributed by atoms with van der Waals surface area (Å²) in [5, 5.41) is 10.8. The lowest BCUT2D eigenvalue weighted by Crippen LogP contribution is -2.19. The summed E-state index contributed by atoms with van der Waals surface area (Å²) >= 11 is 0. The number of nitrogen functional groups attached to an aromatic ring is 1. The minimum atomic E-state index is -0.559. The molecule has 1 aromatic heterocycles. The van der Waals surface area contributed by atoms with Crippen molar-refractivity contribution in [2.24, 2.45) is 0 Å². The Morgan fingerprint density at radius 3 is 2.70 bits per heavy atom. The van der Waals surface area contributed by atoms with Gasteiger partial charge in [-0.25, -0.2) is 9.37 Å². The molecule has 6 nitrogen and oxygen atoms in total. The van der Waals surface area contributed by atoms with Crippen LogP contribution in [-0.2, 0) is 0 Å². The van der Waals surface area contributed by atoms with E-state index in [2.05, 4.69) is 4.98 Å². The van der Waals surface area contributed by atoms with Crippen molar-refractivity contribution in [3.8, 4) is 0 Å². The number of para-hydroxylation sites is 1. The van der Waals surface area contributed by atoms with E-state index in [1.165, 1.54) is 23.1 Å². The number of nitrogens with two attached hydrogens (primary N) is 1. The number of pyridine rings is 1. The number of nitrogens with zero attached hydrogens (tertiary/aromatic N) is 3. The highest BCUT2D eigenvalue weighted by Gasteiger charge is 2.17. The molecule has 0 saturated carbocycles. The van der Waals surface area contributed by atoms with Crippen LogP contribution in [0.1, 0.15) is 6.92 Å². The van der Waals surface area contributed by atoms with Gasteiger partial charge in [0.2, 0.25) is 0 Å². The Hall–Kier alpha value is -2.70. The average Bonchev–Trinajstić information content (AvgIpc) is 2.41. The third-order valence-electron chi connectivity index (χ3n) is 2.76. The quantitative estimate of drug-likeness (QED) is 0.685. The zero-order chi connectivity index (χ0) is 14.7. The fourth-order valence-electron chi connectivity index (χ4n) is 1.89. The number of hydrogen-bond acceptors (Lipinski definition) is 5. The number of aromatic nitrogens is 1. The summed E-state index contributed by atoms with van der Waals surface area (Å²) in [6.45, 7) is 2.19. The van der Waals surface area contributed by atoms with Crippen LogP contribution in [0.25, 0.3) is 0 Å². The maximum absolute atomic E-state index is 13.8. The molecule has 0 aliphatic carbocycles. The largest absolute Gasteiger partial charge is 0.383 e. The zero-order valence-corrected chi connectivity index (χ0v) is 10.8. The SMILES string of the molecule is CCN(c1cc([N+](=O)[O-])cc(N)n1)c1ccccc1F. The predicted molar refractivity (Wildman–Crippen MR) is 74.4 cm³/mol. The van der Waals surface area contributed by atoms with Gasteiger partial charge in [-0.3, -0.25) is 10.1 Å². The second kappa shape index (κ2) is 5.52. The van der Waals surface area contributed by atoms with Crippen LogP contribution in [0.4, 0.5) is 27.4 Å². The van der Waals surface area contributed by atoms with E-state index >= 15 is 0 Å². The van der Waals surface area contributed by atoms with Gasteiger partial charge in [-0.05, 0) is 19.1 Å². The van der Waals surface area contributed by atoms with Crippen LogP contribution in [-0.4, -0.2) is 16.5 Å². The first-order chi connectivity index (χ1) is 9.52. The van der Waals surface area contributed by atoms with Crippen LogP contribution in [0, 0.1) is 15.9 Å². The molecule has 7 heteroatoms. The van der Waals surface area contributed by atoms with E-state index in [4.69, 9.17) is 5.73 Å². The van der Waals surface area contributed by atoms with Gasteiger partial charge in [-0.2, -0.15) is 0 Å². The van der Waals surface area contributed by atoms with E-state index in [-0.39, 0.29) is 17.3 Å². The van der Waals surface area contributed by atoms with Crippen LogP contribution in [0.15, 0.2) is 36.4 Å². The molecule has 0 amide bonds. The molecular formula is C13H13FN4O2. The highest BCUT2D eigenvalue weighted by molar-refractivity contribution is 5.64. The lowest BCUT2D eigenvalue weighted by atomic mass is 10.2. The van der Waals surface area contributed by atoms with Crippen molar-refractivity contribution < 1.29 is 9.31 Å². The molecule has 104 valence electrons. The van der Waals surface area contributed by atoms with Gasteiger partial charge >= 0.3 is 0 Å². The summed E-state index contributed by atoms with van der Waals surface area (Å²) in [6.07, 6.45) is 0. The zero-order valence-electron chi connectivity index (χ0n) is 10.8. The first kappa shape index (κ1) is 13.7. The Morgan fingerprint density at radius 1 is 1.40 bits per heavy atom. The third-order valence-corrected chi connectivity index (χ3v) is 2.76. The molecule has 0 bridgehead atoms. The molecule has 0 atom stereocenters. The van der Waals surface area contributed by atoms with Crippen LogP contribution < -0.4 is 10.6 Å². The Bertz CT molecular complexity index is 648. The molecule has 0 unspecified atom stereocenters. The number of rotatable bonds is 4. The summed E-state index contributed by atoms with van der Waals surface area (Å²) < 4.78 is 13.8. The molecule has 20 heavy (non-hydrogen) atoms. The van der Waals surface area contributed by atoms with Gasteiger partial charge in [-0.1, -0.05) is 12.1 Å². The lowest BCUT2D eigenvalue weighted by Gasteiger charge is -2.22. The average molecular weight is 276 g/mol. The van der Waals surface area contributed by atoms with Gasteiger partial charge in [0.05, 0.1) is 22.7 Å². The standard InChI is InChI=1S/C13H13FN4O2/c1-2-17(11-6-4-3-5-10(11)14)13-8-9(18(19)20)7-12(15)16-13/h3-8H,2H2,1H3,(H2,15,16). The summed E-state index contributed by atoms with van der Waals surface area (Å²) in [5.41, 5.74) is 5.69. The highest BCUT2D eigenvalue weighted by atomic mass is 19.1. The summed E-state index contributed by atoms with van der Waals surface area (Å²) in [6, 6.07) is 8.59. The predicted octanol–water partition coefficient (Wildman–Crippen LogP) is 2.87. The maximum atomic E-state index is 13.8. The van der Waals surface area contributed by atoms with E-state index < -0.39 is 10.7 Å². The van der Waals surface area contributed by atoms with Crippen molar-refractivity contribution in [3.63, 3.8) is 0 Å². The van der Waals surface area contributed by atoms with Gasteiger partial charge in [0, 0.05) is 6.54 Å². The smallest absolute Gasteiger partial charge is 0.276 e. The van der Waals surface area contributed by atoms with Crippen molar-refractivity contribution in [2.45, 2.75) is 6.92 Å². The minimum Gasteiger partial charge on any atom is -0.383 e. The Balaban J connectivity index is 2.52. The second-order valence-electron chi connectivity index (χ2n) is 4.06. The van der Waals surface area contributed by atoms with Crippen LogP contribution in [0.3, 0.4) is 0 Å². The Labute approximate surface area is 114 Å². The molecule has 2 rings (SSSR count). The lowest BCUT2D eigenvalue weighted by molar-refractivity contribution is -0.384. The van der Waals surface area contributed by atoms with Crippen LogP contribution in [0.5, 0.6) is 0 Å². The normalized spacial score (nSPS) is 10.3. The first-order valence-electron chi connectivity index (χ1n) is 5.97.